The van der Waals surface area contributed by atoms with Crippen LogP contribution in [0.2, 0.25) is 0 Å². The van der Waals surface area contributed by atoms with Crippen molar-refractivity contribution in [2.45, 2.75) is 58.8 Å². The highest BCUT2D eigenvalue weighted by Crippen LogP contribution is 2.25. The summed E-state index contributed by atoms with van der Waals surface area (Å²) in [5, 5.41) is 2.99. The molecule has 7 nitrogen and oxygen atoms in total. The topological polar surface area (TPSA) is 95.6 Å². The number of hydrogen-bond acceptors (Lipinski definition) is 4. The number of nitrogens with zero attached hydrogens (tertiary/aromatic N) is 1. The number of rotatable bonds is 8. The van der Waals surface area contributed by atoms with E-state index >= 15 is 0 Å². The number of nitrogens with one attached hydrogen (secondary N) is 2. The average Bonchev–Trinajstić information content (AvgIpc) is 2.77. The fourth-order valence-corrected chi connectivity index (χ4v) is 6.20. The summed E-state index contributed by atoms with van der Waals surface area (Å²) in [6, 6.07) is 10.2. The number of carbonyl (C=O) groups is 2. The number of amides is 2. The molecule has 0 saturated carbocycles. The minimum absolute atomic E-state index is 0.00602. The number of anilines is 1. The molecule has 35 heavy (non-hydrogen) atoms. The van der Waals surface area contributed by atoms with Gasteiger partial charge in [0.1, 0.15) is 0 Å². The minimum Gasteiger partial charge on any atom is -0.356 e. The van der Waals surface area contributed by atoms with E-state index in [1.165, 1.54) is 0 Å². The van der Waals surface area contributed by atoms with E-state index in [-0.39, 0.29) is 22.6 Å². The monoisotopic (exact) mass is 499 g/mol. The lowest BCUT2D eigenvalue weighted by Gasteiger charge is -2.32. The van der Waals surface area contributed by atoms with Gasteiger partial charge in [-0.1, -0.05) is 37.6 Å². The first kappa shape index (κ1) is 26.7. The van der Waals surface area contributed by atoms with Gasteiger partial charge in [0.25, 0.3) is 15.9 Å². The van der Waals surface area contributed by atoms with E-state index in [2.05, 4.69) is 23.9 Å². The Balaban J connectivity index is 1.71. The molecule has 1 heterocycles. The van der Waals surface area contributed by atoms with Gasteiger partial charge in [-0.25, -0.2) is 8.42 Å². The van der Waals surface area contributed by atoms with Gasteiger partial charge >= 0.3 is 0 Å². The van der Waals surface area contributed by atoms with Crippen LogP contribution in [-0.2, 0) is 14.8 Å². The molecule has 2 aromatic rings. The van der Waals surface area contributed by atoms with Gasteiger partial charge in [-0.3, -0.25) is 14.3 Å². The van der Waals surface area contributed by atoms with Crippen LogP contribution in [0.15, 0.2) is 41.3 Å². The molecule has 0 aromatic heterocycles. The normalized spacial score (nSPS) is 16.3. The minimum atomic E-state index is -3.82. The smallest absolute Gasteiger partial charge is 0.262 e. The SMILES string of the molecule is Cc1cc(C)c(S(=O)(=O)Nc2cccc(C(=O)N3CCCC(C(=O)NCCC(C)C)C3)c2)c(C)c1. The van der Waals surface area contributed by atoms with E-state index in [0.29, 0.717) is 47.9 Å². The maximum Gasteiger partial charge on any atom is 0.262 e. The lowest BCUT2D eigenvalue weighted by Crippen LogP contribution is -2.45. The molecule has 1 saturated heterocycles. The standard InChI is InChI=1S/C27H37N3O4S/c1-18(2)11-12-28-26(31)23-9-7-13-30(17-23)27(32)22-8-6-10-24(16-22)29-35(33,34)25-20(4)14-19(3)15-21(25)5/h6,8,10,14-16,18,23,29H,7,9,11-13,17H2,1-5H3,(H,28,31). The first-order chi connectivity index (χ1) is 16.5. The van der Waals surface area contributed by atoms with Crippen LogP contribution >= 0.6 is 0 Å². The molecule has 2 N–H and O–H groups in total. The largest absolute Gasteiger partial charge is 0.356 e. The van der Waals surface area contributed by atoms with Crippen molar-refractivity contribution in [3.8, 4) is 0 Å². The second-order valence-corrected chi connectivity index (χ2v) is 11.6. The van der Waals surface area contributed by atoms with Crippen molar-refractivity contribution in [3.05, 3.63) is 58.7 Å². The van der Waals surface area contributed by atoms with Gasteiger partial charge in [-0.2, -0.15) is 0 Å². The molecule has 1 unspecified atom stereocenters. The Bertz CT molecular complexity index is 1170. The van der Waals surface area contributed by atoms with Crippen molar-refractivity contribution in [3.63, 3.8) is 0 Å². The number of carbonyl (C=O) groups excluding carboxylic acids is 2. The third kappa shape index (κ3) is 6.84. The highest BCUT2D eigenvalue weighted by Gasteiger charge is 2.29. The summed E-state index contributed by atoms with van der Waals surface area (Å²) in [5.41, 5.74) is 3.07. The molecule has 8 heteroatoms. The van der Waals surface area contributed by atoms with Crippen LogP contribution in [0.4, 0.5) is 5.69 Å². The molecular weight excluding hydrogens is 462 g/mol. The van der Waals surface area contributed by atoms with Crippen molar-refractivity contribution in [2.24, 2.45) is 11.8 Å². The fourth-order valence-electron chi connectivity index (χ4n) is 4.70. The van der Waals surface area contributed by atoms with E-state index in [1.807, 2.05) is 19.1 Å². The number of sulfonamides is 1. The van der Waals surface area contributed by atoms with Crippen LogP contribution < -0.4 is 10.0 Å². The van der Waals surface area contributed by atoms with Gasteiger partial charge in [0.05, 0.1) is 10.8 Å². The number of likely N-dealkylation sites (tertiary alicyclic amines) is 1. The first-order valence-electron chi connectivity index (χ1n) is 12.3. The van der Waals surface area contributed by atoms with E-state index in [1.54, 1.807) is 43.0 Å². The lowest BCUT2D eigenvalue weighted by molar-refractivity contribution is -0.126. The van der Waals surface area contributed by atoms with Crippen LogP contribution in [0, 0.1) is 32.6 Å². The molecule has 2 aromatic carbocycles. The summed E-state index contributed by atoms with van der Waals surface area (Å²) in [6.07, 6.45) is 2.43. The van der Waals surface area contributed by atoms with E-state index in [4.69, 9.17) is 0 Å². The second-order valence-electron chi connectivity index (χ2n) is 9.98. The van der Waals surface area contributed by atoms with Gasteiger partial charge in [-0.15, -0.1) is 0 Å². The van der Waals surface area contributed by atoms with E-state index < -0.39 is 10.0 Å². The van der Waals surface area contributed by atoms with Crippen LogP contribution in [0.3, 0.4) is 0 Å². The summed E-state index contributed by atoms with van der Waals surface area (Å²) in [6.45, 7) is 11.3. The van der Waals surface area contributed by atoms with Gasteiger partial charge < -0.3 is 10.2 Å². The average molecular weight is 500 g/mol. The molecule has 1 aliphatic rings. The predicted octanol–water partition coefficient (Wildman–Crippen LogP) is 4.43. The summed E-state index contributed by atoms with van der Waals surface area (Å²) >= 11 is 0. The van der Waals surface area contributed by atoms with Crippen molar-refractivity contribution in [1.29, 1.82) is 0 Å². The summed E-state index contributed by atoms with van der Waals surface area (Å²) < 4.78 is 28.9. The Kier molecular flexibility index (Phi) is 8.59. The number of piperidine rings is 1. The summed E-state index contributed by atoms with van der Waals surface area (Å²) in [5.74, 6) is 0.0826. The zero-order chi connectivity index (χ0) is 25.8. The summed E-state index contributed by atoms with van der Waals surface area (Å²) in [7, 11) is -3.82. The fraction of sp³-hybridized carbons (Fsp3) is 0.481. The second kappa shape index (κ2) is 11.2. The third-order valence-electron chi connectivity index (χ3n) is 6.34. The van der Waals surface area contributed by atoms with Gasteiger partial charge in [0.2, 0.25) is 5.91 Å². The predicted molar refractivity (Wildman–Crippen MR) is 139 cm³/mol. The van der Waals surface area contributed by atoms with Crippen LogP contribution in [0.1, 0.15) is 60.2 Å². The number of aryl methyl sites for hydroxylation is 3. The molecule has 0 bridgehead atoms. The molecule has 1 atom stereocenters. The zero-order valence-corrected chi connectivity index (χ0v) is 22.2. The molecule has 1 fully saturated rings. The van der Waals surface area contributed by atoms with Gasteiger partial charge in [-0.05, 0) is 75.3 Å². The highest BCUT2D eigenvalue weighted by atomic mass is 32.2. The van der Waals surface area contributed by atoms with Crippen LogP contribution in [-0.4, -0.2) is 44.8 Å². The van der Waals surface area contributed by atoms with E-state index in [0.717, 1.165) is 24.8 Å². The molecule has 0 radical (unpaired) electrons. The van der Waals surface area contributed by atoms with Gasteiger partial charge in [0, 0.05) is 30.9 Å². The van der Waals surface area contributed by atoms with Crippen LogP contribution in [0.25, 0.3) is 0 Å². The van der Waals surface area contributed by atoms with Crippen molar-refractivity contribution >= 4 is 27.5 Å². The van der Waals surface area contributed by atoms with Crippen molar-refractivity contribution < 1.29 is 18.0 Å². The van der Waals surface area contributed by atoms with Crippen molar-refractivity contribution in [2.75, 3.05) is 24.4 Å². The Morgan fingerprint density at radius 1 is 1.09 bits per heavy atom. The molecular formula is C27H37N3O4S. The number of hydrogen-bond donors (Lipinski definition) is 2. The van der Waals surface area contributed by atoms with E-state index in [9.17, 15) is 18.0 Å². The molecule has 0 aliphatic carbocycles. The van der Waals surface area contributed by atoms with Crippen molar-refractivity contribution in [1.82, 2.24) is 10.2 Å². The quantitative estimate of drug-likeness (QED) is 0.562. The Hall–Kier alpha value is -2.87. The maximum absolute atomic E-state index is 13.2. The molecule has 1 aliphatic heterocycles. The van der Waals surface area contributed by atoms with Crippen LogP contribution in [0.5, 0.6) is 0 Å². The molecule has 2 amide bonds. The Morgan fingerprint density at radius 2 is 1.77 bits per heavy atom. The zero-order valence-electron chi connectivity index (χ0n) is 21.3. The Morgan fingerprint density at radius 3 is 2.43 bits per heavy atom. The number of benzene rings is 2. The molecule has 190 valence electrons. The first-order valence-corrected chi connectivity index (χ1v) is 13.7. The molecule has 3 rings (SSSR count). The Labute approximate surface area is 209 Å². The maximum atomic E-state index is 13.2. The lowest BCUT2D eigenvalue weighted by atomic mass is 9.96. The summed E-state index contributed by atoms with van der Waals surface area (Å²) in [4.78, 5) is 27.7. The highest BCUT2D eigenvalue weighted by molar-refractivity contribution is 7.92. The van der Waals surface area contributed by atoms with Gasteiger partial charge in [0.15, 0.2) is 0 Å². The third-order valence-corrected chi connectivity index (χ3v) is 8.02. The molecule has 0 spiro atoms.